The van der Waals surface area contributed by atoms with E-state index in [0.717, 1.165) is 55.2 Å². The molecule has 0 spiro atoms. The van der Waals surface area contributed by atoms with Gasteiger partial charge in [-0.3, -0.25) is 4.68 Å². The largest absolute Gasteiger partial charge is 0.377 e. The quantitative estimate of drug-likeness (QED) is 0.718. The van der Waals surface area contributed by atoms with Crippen LogP contribution in [0.3, 0.4) is 0 Å². The van der Waals surface area contributed by atoms with E-state index in [4.69, 9.17) is 16.3 Å². The van der Waals surface area contributed by atoms with Gasteiger partial charge < -0.3 is 10.1 Å². The lowest BCUT2D eigenvalue weighted by molar-refractivity contribution is 0.0277. The summed E-state index contributed by atoms with van der Waals surface area (Å²) in [6.07, 6.45) is 4.36. The molecule has 2 unspecified atom stereocenters. The molecule has 4 nitrogen and oxygen atoms in total. The highest BCUT2D eigenvalue weighted by Crippen LogP contribution is 2.22. The lowest BCUT2D eigenvalue weighted by Gasteiger charge is -2.28. The van der Waals surface area contributed by atoms with Gasteiger partial charge in [-0.1, -0.05) is 31.9 Å². The second kappa shape index (κ2) is 9.44. The molecule has 21 heavy (non-hydrogen) atoms. The van der Waals surface area contributed by atoms with Crippen molar-refractivity contribution in [1.82, 2.24) is 15.1 Å². The van der Waals surface area contributed by atoms with Gasteiger partial charge in [0.05, 0.1) is 22.5 Å². The molecule has 0 aromatic carbocycles. The Hall–Kier alpha value is -0.580. The SMILES string of the molecule is CCCNC(Cc1c(Cl)c(C)nn1C)C(CCC)OCC. The summed E-state index contributed by atoms with van der Waals surface area (Å²) in [5, 5.41) is 8.82. The number of rotatable bonds is 10. The molecule has 0 saturated carbocycles. The highest BCUT2D eigenvalue weighted by molar-refractivity contribution is 6.31. The molecule has 1 N–H and O–H groups in total. The van der Waals surface area contributed by atoms with Crippen LogP contribution in [-0.4, -0.2) is 35.1 Å². The first-order chi connectivity index (χ1) is 10.0. The number of ether oxygens (including phenoxy) is 1. The molecule has 1 heterocycles. The zero-order valence-corrected chi connectivity index (χ0v) is 14.8. The number of aryl methyl sites for hydroxylation is 2. The fourth-order valence-electron chi connectivity index (χ4n) is 2.67. The molecule has 0 radical (unpaired) electrons. The second-order valence-electron chi connectivity index (χ2n) is 5.52. The molecule has 0 saturated heterocycles. The van der Waals surface area contributed by atoms with Gasteiger partial charge >= 0.3 is 0 Å². The smallest absolute Gasteiger partial charge is 0.0847 e. The summed E-state index contributed by atoms with van der Waals surface area (Å²) in [5.41, 5.74) is 1.98. The average Bonchev–Trinajstić information content (AvgIpc) is 2.69. The van der Waals surface area contributed by atoms with Crippen molar-refractivity contribution in [1.29, 1.82) is 0 Å². The molecule has 1 rings (SSSR count). The van der Waals surface area contributed by atoms with Gasteiger partial charge in [0, 0.05) is 26.1 Å². The van der Waals surface area contributed by atoms with Crippen molar-refractivity contribution in [3.8, 4) is 0 Å². The third-order valence-electron chi connectivity index (χ3n) is 3.73. The maximum absolute atomic E-state index is 6.40. The Morgan fingerprint density at radius 1 is 1.29 bits per heavy atom. The van der Waals surface area contributed by atoms with Crippen molar-refractivity contribution >= 4 is 11.6 Å². The Labute approximate surface area is 134 Å². The van der Waals surface area contributed by atoms with Crippen LogP contribution >= 0.6 is 11.6 Å². The van der Waals surface area contributed by atoms with E-state index in [1.807, 2.05) is 18.7 Å². The number of nitrogens with one attached hydrogen (secondary N) is 1. The highest BCUT2D eigenvalue weighted by Gasteiger charge is 2.24. The third kappa shape index (κ3) is 5.28. The van der Waals surface area contributed by atoms with E-state index in [-0.39, 0.29) is 12.1 Å². The minimum atomic E-state index is 0.220. The summed E-state index contributed by atoms with van der Waals surface area (Å²) in [6, 6.07) is 0.275. The van der Waals surface area contributed by atoms with Crippen molar-refractivity contribution in [3.63, 3.8) is 0 Å². The van der Waals surface area contributed by atoms with Gasteiger partial charge in [0.2, 0.25) is 0 Å². The van der Waals surface area contributed by atoms with Crippen molar-refractivity contribution in [2.45, 2.75) is 65.5 Å². The molecule has 1 aromatic heterocycles. The van der Waals surface area contributed by atoms with Gasteiger partial charge in [-0.15, -0.1) is 0 Å². The van der Waals surface area contributed by atoms with Crippen LogP contribution < -0.4 is 5.32 Å². The van der Waals surface area contributed by atoms with Crippen molar-refractivity contribution in [2.24, 2.45) is 7.05 Å². The Balaban J connectivity index is 2.89. The van der Waals surface area contributed by atoms with E-state index in [2.05, 4.69) is 31.2 Å². The van der Waals surface area contributed by atoms with E-state index >= 15 is 0 Å². The Kier molecular flexibility index (Phi) is 8.30. The van der Waals surface area contributed by atoms with E-state index < -0.39 is 0 Å². The molecule has 0 amide bonds. The van der Waals surface area contributed by atoms with Crippen LogP contribution in [0.15, 0.2) is 0 Å². The number of halogens is 1. The molecule has 2 atom stereocenters. The number of nitrogens with zero attached hydrogens (tertiary/aromatic N) is 2. The zero-order chi connectivity index (χ0) is 15.8. The molecule has 0 aliphatic heterocycles. The lowest BCUT2D eigenvalue weighted by Crippen LogP contribution is -2.44. The highest BCUT2D eigenvalue weighted by atomic mass is 35.5. The first kappa shape index (κ1) is 18.5. The summed E-state index contributed by atoms with van der Waals surface area (Å²) in [6.45, 7) is 10.1. The fourth-order valence-corrected chi connectivity index (χ4v) is 2.91. The fraction of sp³-hybridized carbons (Fsp3) is 0.812. The second-order valence-corrected chi connectivity index (χ2v) is 5.89. The molecule has 5 heteroatoms. The van der Waals surface area contributed by atoms with E-state index in [9.17, 15) is 0 Å². The molecular weight excluding hydrogens is 286 g/mol. The molecule has 122 valence electrons. The molecule has 0 bridgehead atoms. The Bertz CT molecular complexity index is 414. The van der Waals surface area contributed by atoms with Gasteiger partial charge in [0.25, 0.3) is 0 Å². The van der Waals surface area contributed by atoms with Crippen LogP contribution in [0.5, 0.6) is 0 Å². The van der Waals surface area contributed by atoms with Gasteiger partial charge in [-0.25, -0.2) is 0 Å². The average molecular weight is 316 g/mol. The maximum atomic E-state index is 6.40. The molecule has 1 aromatic rings. The van der Waals surface area contributed by atoms with E-state index in [1.54, 1.807) is 0 Å². The van der Waals surface area contributed by atoms with E-state index in [1.165, 1.54) is 0 Å². The lowest BCUT2D eigenvalue weighted by atomic mass is 10.0. The minimum absolute atomic E-state index is 0.220. The summed E-state index contributed by atoms with van der Waals surface area (Å²) < 4.78 is 7.86. The molecular formula is C16H30ClN3O. The Morgan fingerprint density at radius 3 is 2.48 bits per heavy atom. The number of aromatic nitrogens is 2. The van der Waals surface area contributed by atoms with Crippen molar-refractivity contribution in [3.05, 3.63) is 16.4 Å². The maximum Gasteiger partial charge on any atom is 0.0847 e. The summed E-state index contributed by atoms with van der Waals surface area (Å²) in [5.74, 6) is 0. The van der Waals surface area contributed by atoms with Crippen molar-refractivity contribution in [2.75, 3.05) is 13.2 Å². The standard InChI is InChI=1S/C16H30ClN3O/c1-6-9-15(21-8-3)13(18-10-7-2)11-14-16(17)12(4)19-20(14)5/h13,15,18H,6-11H2,1-5H3. The van der Waals surface area contributed by atoms with Gasteiger partial charge in [0.1, 0.15) is 0 Å². The van der Waals surface area contributed by atoms with Crippen LogP contribution in [0.2, 0.25) is 5.02 Å². The van der Waals surface area contributed by atoms with Gasteiger partial charge in [-0.05, 0) is 33.2 Å². The van der Waals surface area contributed by atoms with Crippen LogP contribution in [0, 0.1) is 6.92 Å². The zero-order valence-electron chi connectivity index (χ0n) is 14.1. The van der Waals surface area contributed by atoms with Crippen LogP contribution in [0.4, 0.5) is 0 Å². The normalized spacial score (nSPS) is 14.4. The molecule has 0 aliphatic rings. The number of hydrogen-bond acceptors (Lipinski definition) is 3. The topological polar surface area (TPSA) is 39.1 Å². The van der Waals surface area contributed by atoms with Crippen LogP contribution in [-0.2, 0) is 18.2 Å². The minimum Gasteiger partial charge on any atom is -0.377 e. The first-order valence-electron chi connectivity index (χ1n) is 8.07. The molecule has 0 fully saturated rings. The van der Waals surface area contributed by atoms with Crippen LogP contribution in [0.1, 0.15) is 51.4 Å². The monoisotopic (exact) mass is 315 g/mol. The van der Waals surface area contributed by atoms with Crippen molar-refractivity contribution < 1.29 is 4.74 Å². The van der Waals surface area contributed by atoms with E-state index in [0.29, 0.717) is 0 Å². The Morgan fingerprint density at radius 2 is 2.00 bits per heavy atom. The first-order valence-corrected chi connectivity index (χ1v) is 8.45. The predicted octanol–water partition coefficient (Wildman–Crippen LogP) is 3.50. The molecule has 0 aliphatic carbocycles. The predicted molar refractivity (Wildman–Crippen MR) is 89.1 cm³/mol. The third-order valence-corrected chi connectivity index (χ3v) is 4.23. The summed E-state index contributed by atoms with van der Waals surface area (Å²) >= 11 is 6.40. The van der Waals surface area contributed by atoms with Gasteiger partial charge in [0.15, 0.2) is 0 Å². The summed E-state index contributed by atoms with van der Waals surface area (Å²) in [7, 11) is 1.96. The van der Waals surface area contributed by atoms with Crippen LogP contribution in [0.25, 0.3) is 0 Å². The summed E-state index contributed by atoms with van der Waals surface area (Å²) in [4.78, 5) is 0. The number of hydrogen-bond donors (Lipinski definition) is 1. The van der Waals surface area contributed by atoms with Gasteiger partial charge in [-0.2, -0.15) is 5.10 Å².